The van der Waals surface area contributed by atoms with Crippen LogP contribution in [0.4, 0.5) is 5.69 Å². The highest BCUT2D eigenvalue weighted by atomic mass is 35.5. The molecular weight excluding hydrogens is 286 g/mol. The van der Waals surface area contributed by atoms with E-state index in [1.807, 2.05) is 6.07 Å². The number of anilines is 1. The minimum absolute atomic E-state index is 0.444. The molecule has 1 aliphatic heterocycles. The molecule has 0 saturated heterocycles. The number of thiophene rings is 1. The largest absolute Gasteiger partial charge is 0.353 e. The van der Waals surface area contributed by atoms with Gasteiger partial charge in [-0.1, -0.05) is 37.8 Å². The van der Waals surface area contributed by atoms with E-state index in [1.165, 1.54) is 37.6 Å². The van der Waals surface area contributed by atoms with Gasteiger partial charge in [-0.3, -0.25) is 0 Å². The topological polar surface area (TPSA) is 36.4 Å². The van der Waals surface area contributed by atoms with Crippen LogP contribution < -0.4 is 10.6 Å². The Morgan fingerprint density at radius 1 is 1.50 bits per heavy atom. The van der Waals surface area contributed by atoms with Crippen LogP contribution in [0.15, 0.2) is 14.7 Å². The number of hydrogen-bond acceptors (Lipinski definition) is 5. The molecular formula is C12H18ClN3S2. The predicted octanol–water partition coefficient (Wildman–Crippen LogP) is 4.75. The zero-order valence-electron chi connectivity index (χ0n) is 10.6. The zero-order valence-corrected chi connectivity index (χ0v) is 13.0. The van der Waals surface area contributed by atoms with E-state index < -0.39 is 0 Å². The molecule has 1 aromatic heterocycles. The molecule has 0 radical (unpaired) electrons. The maximum Gasteiger partial charge on any atom is 0.208 e. The van der Waals surface area contributed by atoms with Crippen molar-refractivity contribution < 1.29 is 0 Å². The van der Waals surface area contributed by atoms with Crippen LogP contribution in [-0.2, 0) is 0 Å². The quantitative estimate of drug-likeness (QED) is 0.609. The van der Waals surface area contributed by atoms with Gasteiger partial charge in [0, 0.05) is 18.0 Å². The summed E-state index contributed by atoms with van der Waals surface area (Å²) in [6, 6.07) is 2.39. The van der Waals surface area contributed by atoms with Gasteiger partial charge in [-0.05, 0) is 19.4 Å². The number of nitrogens with one attached hydrogen (secondary N) is 2. The molecule has 0 bridgehead atoms. The number of halogens is 1. The maximum absolute atomic E-state index is 5.98. The first-order valence-electron chi connectivity index (χ1n) is 6.27. The van der Waals surface area contributed by atoms with Crippen LogP contribution in [0.3, 0.4) is 0 Å². The molecule has 2 rings (SSSR count). The second-order valence-corrected chi connectivity index (χ2v) is 7.16. The van der Waals surface area contributed by atoms with E-state index in [-0.39, 0.29) is 0 Å². The number of fused-ring (bicyclic) bond motifs is 1. The standard InChI is InChI=1S/C12H18ClN3S2/c1-3-4-5-6-8(2)14-12-15-9-7-10(13)17-11(9)18-16-12/h7-8H,3-6H2,1-2H3,(H2,14,15,16). The van der Waals surface area contributed by atoms with Gasteiger partial charge < -0.3 is 10.6 Å². The van der Waals surface area contributed by atoms with Crippen LogP contribution in [0, 0.1) is 0 Å². The minimum Gasteiger partial charge on any atom is -0.353 e. The number of hydrogen-bond donors (Lipinski definition) is 2. The van der Waals surface area contributed by atoms with Crippen molar-refractivity contribution in [3.05, 3.63) is 10.4 Å². The monoisotopic (exact) mass is 303 g/mol. The van der Waals surface area contributed by atoms with Crippen LogP contribution in [0.5, 0.6) is 0 Å². The van der Waals surface area contributed by atoms with Gasteiger partial charge in [-0.25, -0.2) is 0 Å². The first-order chi connectivity index (χ1) is 8.69. The lowest BCUT2D eigenvalue weighted by Crippen LogP contribution is -2.37. The Kier molecular flexibility index (Phi) is 5.21. The zero-order chi connectivity index (χ0) is 13.0. The van der Waals surface area contributed by atoms with Gasteiger partial charge in [0.1, 0.15) is 4.21 Å². The van der Waals surface area contributed by atoms with Gasteiger partial charge in [0.25, 0.3) is 0 Å². The summed E-state index contributed by atoms with van der Waals surface area (Å²) >= 11 is 9.03. The maximum atomic E-state index is 5.98. The molecule has 1 unspecified atom stereocenters. The fourth-order valence-electron chi connectivity index (χ4n) is 1.81. The Morgan fingerprint density at radius 3 is 3.11 bits per heavy atom. The average molecular weight is 304 g/mol. The lowest BCUT2D eigenvalue weighted by atomic mass is 10.1. The molecule has 2 heterocycles. The fraction of sp³-hybridized carbons (Fsp3) is 0.583. The molecule has 0 spiro atoms. The van der Waals surface area contributed by atoms with Gasteiger partial charge in [0.05, 0.1) is 10.0 Å². The summed E-state index contributed by atoms with van der Waals surface area (Å²) in [6.07, 6.45) is 5.00. The van der Waals surface area contributed by atoms with Crippen molar-refractivity contribution in [3.8, 4) is 0 Å². The van der Waals surface area contributed by atoms with Crippen LogP contribution in [-0.4, -0.2) is 12.0 Å². The van der Waals surface area contributed by atoms with E-state index in [1.54, 1.807) is 11.3 Å². The Hall–Kier alpha value is -0.390. The molecule has 1 aromatic rings. The summed E-state index contributed by atoms with van der Waals surface area (Å²) in [7, 11) is 0. The minimum atomic E-state index is 0.444. The van der Waals surface area contributed by atoms with Crippen LogP contribution in [0.1, 0.15) is 39.5 Å². The number of guanidine groups is 1. The molecule has 0 aromatic carbocycles. The molecule has 1 atom stereocenters. The molecule has 0 saturated carbocycles. The Bertz CT molecular complexity index is 431. The average Bonchev–Trinajstić information content (AvgIpc) is 2.69. The summed E-state index contributed by atoms with van der Waals surface area (Å²) in [4.78, 5) is 0. The van der Waals surface area contributed by atoms with Crippen molar-refractivity contribution in [3.63, 3.8) is 0 Å². The highest BCUT2D eigenvalue weighted by molar-refractivity contribution is 8.00. The van der Waals surface area contributed by atoms with E-state index in [9.17, 15) is 0 Å². The molecule has 6 heteroatoms. The van der Waals surface area contributed by atoms with Crippen molar-refractivity contribution in [1.29, 1.82) is 0 Å². The number of rotatable bonds is 5. The summed E-state index contributed by atoms with van der Waals surface area (Å²) in [5, 5.41) is 6.69. The van der Waals surface area contributed by atoms with Gasteiger partial charge in [-0.15, -0.1) is 11.3 Å². The molecule has 100 valence electrons. The summed E-state index contributed by atoms with van der Waals surface area (Å²) in [5.41, 5.74) is 1.06. The van der Waals surface area contributed by atoms with Crippen LogP contribution in [0.25, 0.3) is 0 Å². The van der Waals surface area contributed by atoms with Crippen molar-refractivity contribution >= 4 is 46.5 Å². The van der Waals surface area contributed by atoms with E-state index in [0.29, 0.717) is 6.04 Å². The van der Waals surface area contributed by atoms with E-state index in [0.717, 1.165) is 20.2 Å². The normalized spacial score (nSPS) is 15.6. The Balaban J connectivity index is 1.82. The molecule has 0 amide bonds. The Labute approximate surface area is 122 Å². The second-order valence-electron chi connectivity index (χ2n) is 4.45. The number of unbranched alkanes of at least 4 members (excludes halogenated alkanes) is 2. The highest BCUT2D eigenvalue weighted by Gasteiger charge is 2.16. The molecule has 2 N–H and O–H groups in total. The molecule has 18 heavy (non-hydrogen) atoms. The fourth-order valence-corrected chi connectivity index (χ4v) is 3.87. The first kappa shape index (κ1) is 14.0. The predicted molar refractivity (Wildman–Crippen MR) is 83.0 cm³/mol. The highest BCUT2D eigenvalue weighted by Crippen LogP contribution is 2.41. The van der Waals surface area contributed by atoms with Crippen LogP contribution in [0.2, 0.25) is 4.34 Å². The SMILES string of the molecule is CCCCCC(C)NC1=NSc2sc(Cl)cc2N1. The van der Waals surface area contributed by atoms with E-state index >= 15 is 0 Å². The molecule has 0 aliphatic carbocycles. The van der Waals surface area contributed by atoms with Crippen molar-refractivity contribution in [2.75, 3.05) is 5.32 Å². The molecule has 1 aliphatic rings. The number of nitrogens with zero attached hydrogens (tertiary/aromatic N) is 1. The summed E-state index contributed by atoms with van der Waals surface area (Å²) < 4.78 is 6.34. The van der Waals surface area contributed by atoms with Gasteiger partial charge in [-0.2, -0.15) is 4.40 Å². The smallest absolute Gasteiger partial charge is 0.208 e. The van der Waals surface area contributed by atoms with Gasteiger partial charge >= 0.3 is 0 Å². The Morgan fingerprint density at radius 2 is 2.33 bits per heavy atom. The van der Waals surface area contributed by atoms with Gasteiger partial charge in [0.15, 0.2) is 0 Å². The lowest BCUT2D eigenvalue weighted by Gasteiger charge is -2.20. The lowest BCUT2D eigenvalue weighted by molar-refractivity contribution is 0.554. The second kappa shape index (κ2) is 6.68. The van der Waals surface area contributed by atoms with Crippen LogP contribution >= 0.6 is 34.9 Å². The van der Waals surface area contributed by atoms with Crippen molar-refractivity contribution in [2.24, 2.45) is 4.40 Å². The van der Waals surface area contributed by atoms with Gasteiger partial charge in [0.2, 0.25) is 5.96 Å². The molecule has 0 fully saturated rings. The molecule has 3 nitrogen and oxygen atoms in total. The third-order valence-corrected chi connectivity index (χ3v) is 4.96. The van der Waals surface area contributed by atoms with Crippen molar-refractivity contribution in [1.82, 2.24) is 5.32 Å². The summed E-state index contributed by atoms with van der Waals surface area (Å²) in [6.45, 7) is 4.42. The first-order valence-corrected chi connectivity index (χ1v) is 8.23. The summed E-state index contributed by atoms with van der Waals surface area (Å²) in [5.74, 6) is 0.839. The third kappa shape index (κ3) is 3.80. The van der Waals surface area contributed by atoms with E-state index in [2.05, 4.69) is 28.9 Å². The van der Waals surface area contributed by atoms with Crippen molar-refractivity contribution in [2.45, 2.75) is 49.8 Å². The third-order valence-electron chi connectivity index (χ3n) is 2.76. The van der Waals surface area contributed by atoms with E-state index in [4.69, 9.17) is 11.6 Å².